The molecule has 0 aliphatic heterocycles. The molecule has 0 unspecified atom stereocenters. The molecule has 0 saturated carbocycles. The molecule has 0 bridgehead atoms. The van der Waals surface area contributed by atoms with Gasteiger partial charge >= 0.3 is 0 Å². The van der Waals surface area contributed by atoms with Crippen molar-refractivity contribution in [3.05, 3.63) is 18.2 Å². The molecule has 0 aliphatic carbocycles. The van der Waals surface area contributed by atoms with E-state index in [4.69, 9.17) is 0 Å². The van der Waals surface area contributed by atoms with Gasteiger partial charge in [-0.2, -0.15) is 0 Å². The number of hydrogen-bond donors (Lipinski definition) is 2. The summed E-state index contributed by atoms with van der Waals surface area (Å²) in [5, 5.41) is 2.86. The summed E-state index contributed by atoms with van der Waals surface area (Å²) in [5.74, 6) is 0.0398. The number of H-pyrrole nitrogens is 1. The number of aromatic amines is 1. The molecule has 15 heavy (non-hydrogen) atoms. The summed E-state index contributed by atoms with van der Waals surface area (Å²) >= 11 is 0. The maximum absolute atomic E-state index is 11.4. The summed E-state index contributed by atoms with van der Waals surface area (Å²) in [7, 11) is 4.04. The zero-order valence-electron chi connectivity index (χ0n) is 9.29. The summed E-state index contributed by atoms with van der Waals surface area (Å²) < 4.78 is 0. The molecule has 0 fully saturated rings. The third kappa shape index (κ3) is 5.17. The van der Waals surface area contributed by atoms with Gasteiger partial charge in [-0.15, -0.1) is 0 Å². The van der Waals surface area contributed by atoms with Crippen LogP contribution in [0.5, 0.6) is 0 Å². The quantitative estimate of drug-likeness (QED) is 0.651. The average Bonchev–Trinajstić information content (AvgIpc) is 2.64. The number of amides is 1. The van der Waals surface area contributed by atoms with E-state index in [2.05, 4.69) is 20.2 Å². The van der Waals surface area contributed by atoms with Crippen molar-refractivity contribution in [2.45, 2.75) is 12.8 Å². The number of imidazole rings is 1. The topological polar surface area (TPSA) is 61.0 Å². The number of nitrogens with zero attached hydrogens (tertiary/aromatic N) is 2. The molecule has 1 rings (SSSR count). The number of carbonyl (C=O) groups is 1. The Bertz CT molecular complexity index is 282. The first-order valence-electron chi connectivity index (χ1n) is 5.07. The van der Waals surface area contributed by atoms with Crippen molar-refractivity contribution in [1.82, 2.24) is 20.2 Å². The van der Waals surface area contributed by atoms with Gasteiger partial charge in [0.05, 0.1) is 12.7 Å². The molecule has 0 aromatic carbocycles. The lowest BCUT2D eigenvalue weighted by Crippen LogP contribution is -2.28. The normalized spacial score (nSPS) is 10.6. The molecule has 5 heteroatoms. The minimum absolute atomic E-state index is 0.0398. The Hall–Kier alpha value is -1.36. The number of nitrogens with one attached hydrogen (secondary N) is 2. The van der Waals surface area contributed by atoms with Crippen LogP contribution in [0, 0.1) is 0 Å². The van der Waals surface area contributed by atoms with Crippen molar-refractivity contribution in [2.24, 2.45) is 0 Å². The predicted molar refractivity (Wildman–Crippen MR) is 58.5 cm³/mol. The molecule has 5 nitrogen and oxygen atoms in total. The van der Waals surface area contributed by atoms with E-state index in [0.29, 0.717) is 6.42 Å². The lowest BCUT2D eigenvalue weighted by atomic mass is 10.3. The lowest BCUT2D eigenvalue weighted by molar-refractivity contribution is -0.120. The van der Waals surface area contributed by atoms with E-state index < -0.39 is 0 Å². The Balaban J connectivity index is 2.09. The summed E-state index contributed by atoms with van der Waals surface area (Å²) in [6.45, 7) is 1.72. The fourth-order valence-electron chi connectivity index (χ4n) is 1.24. The Morgan fingerprint density at radius 3 is 3.00 bits per heavy atom. The molecule has 84 valence electrons. The molecule has 2 N–H and O–H groups in total. The second-order valence-electron chi connectivity index (χ2n) is 3.76. The molecule has 0 spiro atoms. The minimum Gasteiger partial charge on any atom is -0.356 e. The van der Waals surface area contributed by atoms with E-state index in [9.17, 15) is 4.79 Å². The zero-order chi connectivity index (χ0) is 11.1. The molecular formula is C10H18N4O. The van der Waals surface area contributed by atoms with E-state index >= 15 is 0 Å². The van der Waals surface area contributed by atoms with E-state index in [-0.39, 0.29) is 5.91 Å². The highest BCUT2D eigenvalue weighted by molar-refractivity contribution is 5.77. The van der Waals surface area contributed by atoms with E-state index in [1.54, 1.807) is 12.5 Å². The smallest absolute Gasteiger partial charge is 0.225 e. The number of carbonyl (C=O) groups excluding carboxylic acids is 1. The van der Waals surface area contributed by atoms with Crippen molar-refractivity contribution in [1.29, 1.82) is 0 Å². The molecule has 0 atom stereocenters. The third-order valence-electron chi connectivity index (χ3n) is 2.01. The van der Waals surface area contributed by atoms with Gasteiger partial charge in [0.1, 0.15) is 0 Å². The van der Waals surface area contributed by atoms with Gasteiger partial charge in [-0.1, -0.05) is 0 Å². The van der Waals surface area contributed by atoms with E-state index in [0.717, 1.165) is 25.2 Å². The fraction of sp³-hybridized carbons (Fsp3) is 0.600. The average molecular weight is 210 g/mol. The van der Waals surface area contributed by atoms with Gasteiger partial charge < -0.3 is 15.2 Å². The van der Waals surface area contributed by atoms with Crippen molar-refractivity contribution < 1.29 is 4.79 Å². The van der Waals surface area contributed by atoms with Gasteiger partial charge in [-0.25, -0.2) is 4.98 Å². The van der Waals surface area contributed by atoms with Crippen LogP contribution >= 0.6 is 0 Å². The van der Waals surface area contributed by atoms with Crippen LogP contribution in [0.15, 0.2) is 12.5 Å². The Labute approximate surface area is 89.9 Å². The van der Waals surface area contributed by atoms with Crippen molar-refractivity contribution >= 4 is 5.91 Å². The van der Waals surface area contributed by atoms with Gasteiger partial charge in [0.15, 0.2) is 0 Å². The van der Waals surface area contributed by atoms with E-state index in [1.165, 1.54) is 0 Å². The second-order valence-corrected chi connectivity index (χ2v) is 3.76. The third-order valence-corrected chi connectivity index (χ3v) is 2.01. The van der Waals surface area contributed by atoms with Crippen LogP contribution in [-0.4, -0.2) is 48.0 Å². The number of rotatable bonds is 6. The van der Waals surface area contributed by atoms with Crippen LogP contribution in [0.4, 0.5) is 0 Å². The molecule has 1 aromatic heterocycles. The summed E-state index contributed by atoms with van der Waals surface area (Å²) in [6, 6.07) is 0. The SMILES string of the molecule is CN(C)CCCNC(=O)Cc1cnc[nH]1. The largest absolute Gasteiger partial charge is 0.356 e. The van der Waals surface area contributed by atoms with Crippen LogP contribution in [0.3, 0.4) is 0 Å². The summed E-state index contributed by atoms with van der Waals surface area (Å²) in [4.78, 5) is 20.2. The first kappa shape index (κ1) is 11.7. The predicted octanol–water partition coefficient (Wildman–Crippen LogP) is 0.0201. The molecule has 1 heterocycles. The Morgan fingerprint density at radius 1 is 1.60 bits per heavy atom. The van der Waals surface area contributed by atoms with Gasteiger partial charge in [0.2, 0.25) is 5.91 Å². The maximum Gasteiger partial charge on any atom is 0.225 e. The monoisotopic (exact) mass is 210 g/mol. The standard InChI is InChI=1S/C10H18N4O/c1-14(2)5-3-4-12-10(15)6-9-7-11-8-13-9/h7-8H,3-6H2,1-2H3,(H,11,13)(H,12,15). The second kappa shape index (κ2) is 6.19. The summed E-state index contributed by atoms with van der Waals surface area (Å²) in [6.07, 6.45) is 4.59. The highest BCUT2D eigenvalue weighted by Crippen LogP contribution is 1.92. The lowest BCUT2D eigenvalue weighted by Gasteiger charge is -2.09. The van der Waals surface area contributed by atoms with Gasteiger partial charge in [0, 0.05) is 18.4 Å². The summed E-state index contributed by atoms with van der Waals surface area (Å²) in [5.41, 5.74) is 0.847. The van der Waals surface area contributed by atoms with Crippen LogP contribution in [0.25, 0.3) is 0 Å². The fourth-order valence-corrected chi connectivity index (χ4v) is 1.24. The van der Waals surface area contributed by atoms with Crippen molar-refractivity contribution in [2.75, 3.05) is 27.2 Å². The first-order chi connectivity index (χ1) is 7.18. The Kier molecular flexibility index (Phi) is 4.83. The van der Waals surface area contributed by atoms with Crippen LogP contribution < -0.4 is 5.32 Å². The molecular weight excluding hydrogens is 192 g/mol. The molecule has 0 radical (unpaired) electrons. The van der Waals surface area contributed by atoms with Gasteiger partial charge in [0.25, 0.3) is 0 Å². The van der Waals surface area contributed by atoms with Crippen molar-refractivity contribution in [3.8, 4) is 0 Å². The molecule has 1 amide bonds. The maximum atomic E-state index is 11.4. The zero-order valence-corrected chi connectivity index (χ0v) is 9.29. The first-order valence-corrected chi connectivity index (χ1v) is 5.07. The Morgan fingerprint density at radius 2 is 2.40 bits per heavy atom. The number of hydrogen-bond acceptors (Lipinski definition) is 3. The van der Waals surface area contributed by atoms with Crippen molar-refractivity contribution in [3.63, 3.8) is 0 Å². The highest BCUT2D eigenvalue weighted by Gasteiger charge is 2.03. The van der Waals surface area contributed by atoms with Crippen LogP contribution in [0.2, 0.25) is 0 Å². The minimum atomic E-state index is 0.0398. The van der Waals surface area contributed by atoms with Gasteiger partial charge in [-0.3, -0.25) is 4.79 Å². The number of aromatic nitrogens is 2. The molecule has 0 saturated heterocycles. The van der Waals surface area contributed by atoms with Gasteiger partial charge in [-0.05, 0) is 27.1 Å². The highest BCUT2D eigenvalue weighted by atomic mass is 16.1. The van der Waals surface area contributed by atoms with Crippen LogP contribution in [-0.2, 0) is 11.2 Å². The van der Waals surface area contributed by atoms with Crippen LogP contribution in [0.1, 0.15) is 12.1 Å². The molecule has 0 aliphatic rings. The molecule has 1 aromatic rings. The van der Waals surface area contributed by atoms with E-state index in [1.807, 2.05) is 14.1 Å².